The van der Waals surface area contributed by atoms with Crippen molar-refractivity contribution in [1.82, 2.24) is 0 Å². The summed E-state index contributed by atoms with van der Waals surface area (Å²) in [4.78, 5) is 0. The normalized spacial score (nSPS) is 12.8. The number of benzene rings is 1. The van der Waals surface area contributed by atoms with Crippen molar-refractivity contribution in [3.63, 3.8) is 0 Å². The summed E-state index contributed by atoms with van der Waals surface area (Å²) in [6.07, 6.45) is -4.86. The third kappa shape index (κ3) is 3.44. The molecule has 0 unspecified atom stereocenters. The minimum Gasteiger partial charge on any atom is -0.206 e. The third-order valence-corrected chi connectivity index (χ3v) is 2.36. The molecular formula is C8H5F5O2S. The summed E-state index contributed by atoms with van der Waals surface area (Å²) in [5, 5.41) is 0. The lowest BCUT2D eigenvalue weighted by Crippen LogP contribution is -2.08. The van der Waals surface area contributed by atoms with Crippen molar-refractivity contribution >= 4 is 10.2 Å². The first-order chi connectivity index (χ1) is 7.09. The molecule has 0 radical (unpaired) electrons. The average molecular weight is 260 g/mol. The summed E-state index contributed by atoms with van der Waals surface area (Å²) in [6, 6.07) is 1.43. The van der Waals surface area contributed by atoms with E-state index >= 15 is 0 Å². The Kier molecular flexibility index (Phi) is 3.22. The molecule has 0 aromatic heterocycles. The Labute approximate surface area is 87.9 Å². The largest absolute Gasteiger partial charge is 0.419 e. The highest BCUT2D eigenvalue weighted by Crippen LogP contribution is 2.31. The molecule has 0 fully saturated rings. The number of hydrogen-bond donors (Lipinski definition) is 0. The van der Waals surface area contributed by atoms with Gasteiger partial charge in [-0.1, -0.05) is 6.07 Å². The molecule has 1 aromatic carbocycles. The Balaban J connectivity index is 3.10. The molecule has 0 saturated carbocycles. The fraction of sp³-hybridized carbons (Fsp3) is 0.250. The predicted molar refractivity (Wildman–Crippen MR) is 45.1 cm³/mol. The fourth-order valence-corrected chi connectivity index (χ4v) is 1.66. The van der Waals surface area contributed by atoms with Gasteiger partial charge in [-0.25, -0.2) is 4.39 Å². The van der Waals surface area contributed by atoms with Gasteiger partial charge in [-0.2, -0.15) is 21.6 Å². The van der Waals surface area contributed by atoms with Crippen LogP contribution in [0.1, 0.15) is 11.1 Å². The van der Waals surface area contributed by atoms with E-state index in [4.69, 9.17) is 0 Å². The van der Waals surface area contributed by atoms with Gasteiger partial charge in [-0.05, 0) is 17.7 Å². The fourth-order valence-electron chi connectivity index (χ4n) is 1.08. The maximum Gasteiger partial charge on any atom is 0.419 e. The van der Waals surface area contributed by atoms with Gasteiger partial charge in [0.2, 0.25) is 0 Å². The van der Waals surface area contributed by atoms with Crippen LogP contribution in [0.25, 0.3) is 0 Å². The summed E-state index contributed by atoms with van der Waals surface area (Å²) in [6.45, 7) is 0. The van der Waals surface area contributed by atoms with E-state index in [9.17, 15) is 29.9 Å². The van der Waals surface area contributed by atoms with E-state index in [2.05, 4.69) is 0 Å². The molecule has 0 aliphatic carbocycles. The number of hydrogen-bond acceptors (Lipinski definition) is 2. The zero-order valence-electron chi connectivity index (χ0n) is 7.55. The van der Waals surface area contributed by atoms with Crippen LogP contribution in [0.3, 0.4) is 0 Å². The van der Waals surface area contributed by atoms with Crippen LogP contribution >= 0.6 is 0 Å². The first kappa shape index (κ1) is 12.9. The van der Waals surface area contributed by atoms with E-state index in [0.29, 0.717) is 18.2 Å². The smallest absolute Gasteiger partial charge is 0.206 e. The molecule has 0 atom stereocenters. The lowest BCUT2D eigenvalue weighted by atomic mass is 10.1. The van der Waals surface area contributed by atoms with Gasteiger partial charge in [0.25, 0.3) is 0 Å². The van der Waals surface area contributed by atoms with Gasteiger partial charge in [-0.3, -0.25) is 0 Å². The molecule has 16 heavy (non-hydrogen) atoms. The standard InChI is InChI=1S/C8H5F5O2S/c9-7-3-5(4-16(13,14)15)1-2-6(7)8(10,11)12/h1-3H,4H2. The van der Waals surface area contributed by atoms with Crippen LogP contribution in [0, 0.1) is 5.82 Å². The molecule has 0 aliphatic heterocycles. The first-order valence-corrected chi connectivity index (χ1v) is 5.43. The lowest BCUT2D eigenvalue weighted by molar-refractivity contribution is -0.140. The monoisotopic (exact) mass is 260 g/mol. The number of rotatable bonds is 2. The third-order valence-electron chi connectivity index (χ3n) is 1.68. The minimum absolute atomic E-state index is 0.347. The van der Waals surface area contributed by atoms with Gasteiger partial charge >= 0.3 is 16.4 Å². The van der Waals surface area contributed by atoms with Crippen LogP contribution in [0.5, 0.6) is 0 Å². The van der Waals surface area contributed by atoms with Crippen molar-refractivity contribution in [2.75, 3.05) is 0 Å². The second kappa shape index (κ2) is 4.00. The lowest BCUT2D eigenvalue weighted by Gasteiger charge is -2.08. The first-order valence-electron chi connectivity index (χ1n) is 3.87. The molecule has 0 bridgehead atoms. The van der Waals surface area contributed by atoms with E-state index in [1.165, 1.54) is 0 Å². The van der Waals surface area contributed by atoms with Crippen molar-refractivity contribution in [2.45, 2.75) is 11.9 Å². The summed E-state index contributed by atoms with van der Waals surface area (Å²) in [5.74, 6) is -2.78. The summed E-state index contributed by atoms with van der Waals surface area (Å²) >= 11 is 0. The zero-order chi connectivity index (χ0) is 12.6. The molecule has 0 aliphatic rings. The van der Waals surface area contributed by atoms with Crippen LogP contribution in [0.2, 0.25) is 0 Å². The average Bonchev–Trinajstić information content (AvgIpc) is 1.97. The van der Waals surface area contributed by atoms with Gasteiger partial charge in [0, 0.05) is 0 Å². The van der Waals surface area contributed by atoms with Gasteiger partial charge in [0.15, 0.2) is 0 Å². The Hall–Kier alpha value is -1.18. The molecule has 0 amide bonds. The van der Waals surface area contributed by atoms with Crippen LogP contribution in [0.15, 0.2) is 18.2 Å². The number of alkyl halides is 3. The minimum atomic E-state index is -4.89. The Morgan fingerprint density at radius 2 is 1.75 bits per heavy atom. The van der Waals surface area contributed by atoms with Gasteiger partial charge in [-0.15, -0.1) is 3.89 Å². The second-order valence-electron chi connectivity index (χ2n) is 3.00. The van der Waals surface area contributed by atoms with Gasteiger partial charge in [0.1, 0.15) is 11.6 Å². The second-order valence-corrected chi connectivity index (χ2v) is 4.36. The summed E-state index contributed by atoms with van der Waals surface area (Å²) in [7, 11) is -4.89. The Morgan fingerprint density at radius 3 is 2.12 bits per heavy atom. The van der Waals surface area contributed by atoms with Crippen molar-refractivity contribution < 1.29 is 29.9 Å². The topological polar surface area (TPSA) is 34.1 Å². The van der Waals surface area contributed by atoms with Crippen LogP contribution in [0.4, 0.5) is 21.4 Å². The highest BCUT2D eigenvalue weighted by molar-refractivity contribution is 7.85. The van der Waals surface area contributed by atoms with E-state index in [0.717, 1.165) is 0 Å². The Morgan fingerprint density at radius 1 is 1.19 bits per heavy atom. The van der Waals surface area contributed by atoms with Crippen molar-refractivity contribution in [1.29, 1.82) is 0 Å². The Bertz CT molecular complexity index is 492. The van der Waals surface area contributed by atoms with Crippen LogP contribution < -0.4 is 0 Å². The SMILES string of the molecule is O=S(=O)(F)Cc1ccc(C(F)(F)F)c(F)c1. The van der Waals surface area contributed by atoms with Crippen LogP contribution in [-0.4, -0.2) is 8.42 Å². The van der Waals surface area contributed by atoms with E-state index in [-0.39, 0.29) is 5.56 Å². The highest BCUT2D eigenvalue weighted by atomic mass is 32.3. The summed E-state index contributed by atoms with van der Waals surface area (Å²) in [5.41, 5.74) is -1.90. The molecule has 0 N–H and O–H groups in total. The van der Waals surface area contributed by atoms with Gasteiger partial charge in [0.05, 0.1) is 5.56 Å². The zero-order valence-corrected chi connectivity index (χ0v) is 8.37. The molecule has 0 heterocycles. The van der Waals surface area contributed by atoms with E-state index < -0.39 is 33.5 Å². The van der Waals surface area contributed by atoms with Crippen molar-refractivity contribution in [2.24, 2.45) is 0 Å². The molecule has 1 rings (SSSR count). The molecule has 1 aromatic rings. The molecular weight excluding hydrogens is 255 g/mol. The molecule has 0 spiro atoms. The summed E-state index contributed by atoms with van der Waals surface area (Å²) < 4.78 is 81.7. The van der Waals surface area contributed by atoms with Crippen molar-refractivity contribution in [3.8, 4) is 0 Å². The molecule has 2 nitrogen and oxygen atoms in total. The number of halogens is 5. The predicted octanol–water partition coefficient (Wildman–Crippen LogP) is 2.64. The molecule has 8 heteroatoms. The van der Waals surface area contributed by atoms with E-state index in [1.54, 1.807) is 0 Å². The maximum atomic E-state index is 12.9. The molecule has 90 valence electrons. The van der Waals surface area contributed by atoms with Gasteiger partial charge < -0.3 is 0 Å². The van der Waals surface area contributed by atoms with Crippen molar-refractivity contribution in [3.05, 3.63) is 35.1 Å². The maximum absolute atomic E-state index is 12.9. The highest BCUT2D eigenvalue weighted by Gasteiger charge is 2.34. The van der Waals surface area contributed by atoms with E-state index in [1.807, 2.05) is 0 Å². The quantitative estimate of drug-likeness (QED) is 0.605. The molecule has 0 saturated heterocycles. The van der Waals surface area contributed by atoms with Crippen LogP contribution in [-0.2, 0) is 22.2 Å².